The van der Waals surface area contributed by atoms with Crippen LogP contribution < -0.4 is 29.7 Å². The van der Waals surface area contributed by atoms with Gasteiger partial charge in [-0.05, 0) is 37.2 Å². The minimum absolute atomic E-state index is 0.304. The van der Waals surface area contributed by atoms with Gasteiger partial charge in [-0.1, -0.05) is 11.6 Å². The second-order valence-corrected chi connectivity index (χ2v) is 8.18. The maximum Gasteiger partial charge on any atom is 0.313 e. The smallest absolute Gasteiger partial charge is 0.313 e. The lowest BCUT2D eigenvalue weighted by Crippen LogP contribution is -2.47. The number of ether oxygens (including phenoxy) is 3. The minimum Gasteiger partial charge on any atom is -0.497 e. The highest BCUT2D eigenvalue weighted by Crippen LogP contribution is 2.35. The number of amides is 2. The fraction of sp³-hybridized carbons (Fsp3) is 0.417. The van der Waals surface area contributed by atoms with E-state index >= 15 is 0 Å². The topological polar surface area (TPSA) is 92.4 Å². The molecule has 0 bridgehead atoms. The second kappa shape index (κ2) is 12.3. The molecule has 1 heterocycles. The van der Waals surface area contributed by atoms with E-state index in [1.54, 1.807) is 7.11 Å². The van der Waals surface area contributed by atoms with E-state index in [-0.39, 0.29) is 0 Å². The summed E-state index contributed by atoms with van der Waals surface area (Å²) in [6, 6.07) is 11.1. The SMILES string of the molecule is COc1ccc(N2CCN(CCCNC(=O)C(=O)Nc3cc(OC)c(Cl)cc3OC)CC2)cc1. The zero-order valence-corrected chi connectivity index (χ0v) is 20.5. The summed E-state index contributed by atoms with van der Waals surface area (Å²) in [7, 11) is 4.58. The first-order chi connectivity index (χ1) is 16.4. The van der Waals surface area contributed by atoms with Gasteiger partial charge in [-0.3, -0.25) is 14.5 Å². The van der Waals surface area contributed by atoms with Crippen molar-refractivity contribution in [1.82, 2.24) is 10.2 Å². The molecule has 0 unspecified atom stereocenters. The Morgan fingerprint density at radius 1 is 0.912 bits per heavy atom. The zero-order chi connectivity index (χ0) is 24.5. The van der Waals surface area contributed by atoms with E-state index in [9.17, 15) is 9.59 Å². The van der Waals surface area contributed by atoms with Gasteiger partial charge in [0.2, 0.25) is 0 Å². The van der Waals surface area contributed by atoms with E-state index < -0.39 is 11.8 Å². The quantitative estimate of drug-likeness (QED) is 0.412. The highest BCUT2D eigenvalue weighted by molar-refractivity contribution is 6.40. The van der Waals surface area contributed by atoms with Gasteiger partial charge in [0.05, 0.1) is 32.0 Å². The van der Waals surface area contributed by atoms with Crippen molar-refractivity contribution in [2.75, 3.05) is 70.8 Å². The molecule has 0 saturated carbocycles. The molecule has 9 nitrogen and oxygen atoms in total. The number of nitrogens with one attached hydrogen (secondary N) is 2. The van der Waals surface area contributed by atoms with E-state index in [1.807, 2.05) is 12.1 Å². The molecule has 0 aromatic heterocycles. The molecular formula is C24H31ClN4O5. The molecule has 2 amide bonds. The van der Waals surface area contributed by atoms with Gasteiger partial charge < -0.3 is 29.7 Å². The number of methoxy groups -OCH3 is 3. The van der Waals surface area contributed by atoms with Crippen molar-refractivity contribution in [2.24, 2.45) is 0 Å². The van der Waals surface area contributed by atoms with Crippen molar-refractivity contribution >= 4 is 34.8 Å². The van der Waals surface area contributed by atoms with Crippen molar-refractivity contribution in [3.63, 3.8) is 0 Å². The Morgan fingerprint density at radius 3 is 2.21 bits per heavy atom. The molecule has 1 aliphatic heterocycles. The summed E-state index contributed by atoms with van der Waals surface area (Å²) >= 11 is 6.07. The molecule has 1 saturated heterocycles. The lowest BCUT2D eigenvalue weighted by atomic mass is 10.2. The first-order valence-electron chi connectivity index (χ1n) is 11.1. The van der Waals surface area contributed by atoms with Gasteiger partial charge in [-0.2, -0.15) is 0 Å². The number of piperazine rings is 1. The minimum atomic E-state index is -0.782. The number of halogens is 1. The normalized spacial score (nSPS) is 13.8. The molecule has 3 rings (SSSR count). The number of nitrogens with zero attached hydrogens (tertiary/aromatic N) is 2. The third-order valence-electron chi connectivity index (χ3n) is 5.67. The van der Waals surface area contributed by atoms with E-state index in [0.29, 0.717) is 28.8 Å². The van der Waals surface area contributed by atoms with E-state index in [2.05, 4.69) is 32.6 Å². The Labute approximate surface area is 204 Å². The largest absolute Gasteiger partial charge is 0.497 e. The third kappa shape index (κ3) is 6.68. The van der Waals surface area contributed by atoms with Gasteiger partial charge in [-0.15, -0.1) is 0 Å². The van der Waals surface area contributed by atoms with Crippen LogP contribution in [0.25, 0.3) is 0 Å². The van der Waals surface area contributed by atoms with Crippen LogP contribution in [0.2, 0.25) is 5.02 Å². The number of carbonyl (C=O) groups is 2. The number of anilines is 2. The number of benzene rings is 2. The number of carbonyl (C=O) groups excluding carboxylic acids is 2. The lowest BCUT2D eigenvalue weighted by molar-refractivity contribution is -0.136. The first-order valence-corrected chi connectivity index (χ1v) is 11.4. The number of hydrogen-bond donors (Lipinski definition) is 2. The molecule has 34 heavy (non-hydrogen) atoms. The lowest BCUT2D eigenvalue weighted by Gasteiger charge is -2.36. The summed E-state index contributed by atoms with van der Waals surface area (Å²) < 4.78 is 15.6. The molecule has 1 fully saturated rings. The van der Waals surface area contributed by atoms with Crippen molar-refractivity contribution in [1.29, 1.82) is 0 Å². The van der Waals surface area contributed by atoms with Crippen molar-refractivity contribution < 1.29 is 23.8 Å². The van der Waals surface area contributed by atoms with Crippen LogP contribution in [-0.4, -0.2) is 77.3 Å². The van der Waals surface area contributed by atoms with Gasteiger partial charge in [0.15, 0.2) is 0 Å². The average Bonchev–Trinajstić information content (AvgIpc) is 2.87. The monoisotopic (exact) mass is 490 g/mol. The standard InChI is InChI=1S/C24H31ClN4O5/c1-32-18-7-5-17(6-8-18)29-13-11-28(12-14-29)10-4-9-26-23(30)24(31)27-20-16-21(33-2)19(25)15-22(20)34-3/h5-8,15-16H,4,9-14H2,1-3H3,(H,26,30)(H,27,31). The first kappa shape index (κ1) is 25.5. The summed E-state index contributed by atoms with van der Waals surface area (Å²) in [5.74, 6) is 0.0622. The van der Waals surface area contributed by atoms with Crippen LogP contribution in [0.1, 0.15) is 6.42 Å². The van der Waals surface area contributed by atoms with Gasteiger partial charge in [-0.25, -0.2) is 0 Å². The molecule has 184 valence electrons. The number of rotatable bonds is 9. The van der Waals surface area contributed by atoms with Crippen LogP contribution in [0.15, 0.2) is 36.4 Å². The zero-order valence-electron chi connectivity index (χ0n) is 19.7. The van der Waals surface area contributed by atoms with Gasteiger partial charge in [0, 0.05) is 50.5 Å². The Balaban J connectivity index is 1.38. The molecule has 2 N–H and O–H groups in total. The van der Waals surface area contributed by atoms with Crippen LogP contribution in [0.3, 0.4) is 0 Å². The fourth-order valence-electron chi connectivity index (χ4n) is 3.74. The van der Waals surface area contributed by atoms with Crippen molar-refractivity contribution in [3.8, 4) is 17.2 Å². The summed E-state index contributed by atoms with van der Waals surface area (Å²) in [4.78, 5) is 29.2. The molecule has 10 heteroatoms. The molecule has 0 radical (unpaired) electrons. The Kier molecular flexibility index (Phi) is 9.24. The van der Waals surface area contributed by atoms with Crippen LogP contribution in [0.5, 0.6) is 17.2 Å². The molecule has 0 aliphatic carbocycles. The predicted octanol–water partition coefficient (Wildman–Crippen LogP) is 2.63. The maximum atomic E-state index is 12.3. The second-order valence-electron chi connectivity index (χ2n) is 7.78. The van der Waals surface area contributed by atoms with Crippen LogP contribution in [0, 0.1) is 0 Å². The molecule has 0 spiro atoms. The molecule has 0 atom stereocenters. The van der Waals surface area contributed by atoms with Gasteiger partial charge in [0.1, 0.15) is 17.2 Å². The summed E-state index contributed by atoms with van der Waals surface area (Å²) in [5.41, 5.74) is 1.49. The van der Waals surface area contributed by atoms with E-state index in [0.717, 1.165) is 44.9 Å². The van der Waals surface area contributed by atoms with Gasteiger partial charge >= 0.3 is 11.8 Å². The predicted molar refractivity (Wildman–Crippen MR) is 132 cm³/mol. The number of hydrogen-bond acceptors (Lipinski definition) is 7. The third-order valence-corrected chi connectivity index (χ3v) is 5.97. The Morgan fingerprint density at radius 2 is 1.59 bits per heavy atom. The highest BCUT2D eigenvalue weighted by atomic mass is 35.5. The molecule has 1 aliphatic rings. The van der Waals surface area contributed by atoms with Crippen LogP contribution in [0.4, 0.5) is 11.4 Å². The van der Waals surface area contributed by atoms with Crippen LogP contribution in [-0.2, 0) is 9.59 Å². The van der Waals surface area contributed by atoms with Crippen molar-refractivity contribution in [2.45, 2.75) is 6.42 Å². The van der Waals surface area contributed by atoms with Crippen LogP contribution >= 0.6 is 11.6 Å². The highest BCUT2D eigenvalue weighted by Gasteiger charge is 2.19. The molecule has 2 aromatic carbocycles. The fourth-order valence-corrected chi connectivity index (χ4v) is 3.98. The maximum absolute atomic E-state index is 12.3. The average molecular weight is 491 g/mol. The van der Waals surface area contributed by atoms with E-state index in [4.69, 9.17) is 25.8 Å². The van der Waals surface area contributed by atoms with Crippen molar-refractivity contribution in [3.05, 3.63) is 41.4 Å². The molecular weight excluding hydrogens is 460 g/mol. The Bertz CT molecular complexity index is 978. The summed E-state index contributed by atoms with van der Waals surface area (Å²) in [5, 5.41) is 5.55. The summed E-state index contributed by atoms with van der Waals surface area (Å²) in [6.45, 7) is 5.02. The molecule has 2 aromatic rings. The Hall–Kier alpha value is -3.17. The van der Waals surface area contributed by atoms with E-state index in [1.165, 1.54) is 32.0 Å². The van der Waals surface area contributed by atoms with Gasteiger partial charge in [0.25, 0.3) is 0 Å². The summed E-state index contributed by atoms with van der Waals surface area (Å²) in [6.07, 6.45) is 0.750.